The minimum absolute atomic E-state index is 0.140. The van der Waals surface area contributed by atoms with Crippen LogP contribution in [0.4, 0.5) is 0 Å². The van der Waals surface area contributed by atoms with Crippen molar-refractivity contribution in [3.8, 4) is 0 Å². The summed E-state index contributed by atoms with van der Waals surface area (Å²) in [5.74, 6) is 0. The third-order valence-corrected chi connectivity index (χ3v) is 4.34. The maximum absolute atomic E-state index is 6.26. The van der Waals surface area contributed by atoms with Crippen LogP contribution < -0.4 is 5.73 Å². The lowest BCUT2D eigenvalue weighted by molar-refractivity contribution is 0.876. The van der Waals surface area contributed by atoms with Crippen LogP contribution in [0.15, 0.2) is 18.2 Å². The highest BCUT2D eigenvalue weighted by atomic mass is 35.5. The SMILES string of the molecule is Cc1nc(C)c(C(N)c2ccc(C)c(Cl)c2)s1. The van der Waals surface area contributed by atoms with E-state index < -0.39 is 0 Å². The van der Waals surface area contributed by atoms with Crippen LogP contribution in [0.2, 0.25) is 5.02 Å². The highest BCUT2D eigenvalue weighted by molar-refractivity contribution is 7.11. The molecule has 0 amide bonds. The van der Waals surface area contributed by atoms with Crippen molar-refractivity contribution in [3.05, 3.63) is 49.9 Å². The Morgan fingerprint density at radius 1 is 1.29 bits per heavy atom. The highest BCUT2D eigenvalue weighted by Gasteiger charge is 2.15. The zero-order valence-corrected chi connectivity index (χ0v) is 11.7. The minimum atomic E-state index is -0.140. The van der Waals surface area contributed by atoms with Gasteiger partial charge in [0.05, 0.1) is 16.7 Å². The van der Waals surface area contributed by atoms with Gasteiger partial charge in [0.15, 0.2) is 0 Å². The van der Waals surface area contributed by atoms with Gasteiger partial charge in [0.25, 0.3) is 0 Å². The van der Waals surface area contributed by atoms with E-state index >= 15 is 0 Å². The van der Waals surface area contributed by atoms with Crippen molar-refractivity contribution in [2.45, 2.75) is 26.8 Å². The molecule has 2 aromatic rings. The fraction of sp³-hybridized carbons (Fsp3) is 0.308. The van der Waals surface area contributed by atoms with Crippen LogP contribution in [0.3, 0.4) is 0 Å². The molecule has 2 rings (SSSR count). The Morgan fingerprint density at radius 2 is 2.00 bits per heavy atom. The van der Waals surface area contributed by atoms with Gasteiger partial charge in [-0.05, 0) is 38.0 Å². The lowest BCUT2D eigenvalue weighted by atomic mass is 10.0. The van der Waals surface area contributed by atoms with E-state index in [1.54, 1.807) is 11.3 Å². The van der Waals surface area contributed by atoms with Gasteiger partial charge in [-0.25, -0.2) is 4.98 Å². The molecule has 1 unspecified atom stereocenters. The molecule has 0 aliphatic heterocycles. The Bertz CT molecular complexity index is 548. The fourth-order valence-electron chi connectivity index (χ4n) is 1.79. The van der Waals surface area contributed by atoms with Crippen molar-refractivity contribution in [2.75, 3.05) is 0 Å². The van der Waals surface area contributed by atoms with E-state index in [1.165, 1.54) is 0 Å². The summed E-state index contributed by atoms with van der Waals surface area (Å²) in [6.45, 7) is 5.98. The van der Waals surface area contributed by atoms with Crippen molar-refractivity contribution in [3.63, 3.8) is 0 Å². The summed E-state index contributed by atoms with van der Waals surface area (Å²) in [6, 6.07) is 5.83. The van der Waals surface area contributed by atoms with Gasteiger partial charge in [0.2, 0.25) is 0 Å². The maximum atomic E-state index is 6.26. The third-order valence-electron chi connectivity index (χ3n) is 2.78. The summed E-state index contributed by atoms with van der Waals surface area (Å²) in [6.07, 6.45) is 0. The Labute approximate surface area is 110 Å². The molecule has 2 N–H and O–H groups in total. The lowest BCUT2D eigenvalue weighted by Crippen LogP contribution is -2.11. The molecule has 0 saturated carbocycles. The summed E-state index contributed by atoms with van der Waals surface area (Å²) in [5.41, 5.74) is 9.38. The second-order valence-electron chi connectivity index (χ2n) is 4.17. The predicted octanol–water partition coefficient (Wildman–Crippen LogP) is 3.77. The van der Waals surface area contributed by atoms with E-state index in [4.69, 9.17) is 17.3 Å². The van der Waals surface area contributed by atoms with Crippen LogP contribution in [-0.2, 0) is 0 Å². The molecule has 0 saturated heterocycles. The molecule has 0 spiro atoms. The third kappa shape index (κ3) is 2.51. The zero-order valence-electron chi connectivity index (χ0n) is 10.1. The second-order valence-corrected chi connectivity index (χ2v) is 5.81. The van der Waals surface area contributed by atoms with Crippen molar-refractivity contribution in [1.29, 1.82) is 0 Å². The van der Waals surface area contributed by atoms with Crippen molar-refractivity contribution in [2.24, 2.45) is 5.73 Å². The first-order valence-electron chi connectivity index (χ1n) is 5.44. The number of hydrogen-bond donors (Lipinski definition) is 1. The van der Waals surface area contributed by atoms with Crippen LogP contribution in [-0.4, -0.2) is 4.98 Å². The van der Waals surface area contributed by atoms with Gasteiger partial charge in [0, 0.05) is 9.90 Å². The molecule has 17 heavy (non-hydrogen) atoms. The summed E-state index contributed by atoms with van der Waals surface area (Å²) in [5, 5.41) is 1.81. The number of nitrogens with zero attached hydrogens (tertiary/aromatic N) is 1. The number of benzene rings is 1. The molecule has 2 nitrogen and oxygen atoms in total. The van der Waals surface area contributed by atoms with Crippen molar-refractivity contribution >= 4 is 22.9 Å². The first-order chi connectivity index (χ1) is 7.99. The van der Waals surface area contributed by atoms with E-state index in [0.717, 1.165) is 31.7 Å². The largest absolute Gasteiger partial charge is 0.320 e. The Hall–Kier alpha value is -0.900. The lowest BCUT2D eigenvalue weighted by Gasteiger charge is -2.12. The zero-order chi connectivity index (χ0) is 12.6. The van der Waals surface area contributed by atoms with Gasteiger partial charge in [-0.2, -0.15) is 0 Å². The number of hydrogen-bond acceptors (Lipinski definition) is 3. The van der Waals surface area contributed by atoms with Crippen LogP contribution in [0.5, 0.6) is 0 Å². The van der Waals surface area contributed by atoms with Crippen LogP contribution in [0, 0.1) is 20.8 Å². The smallest absolute Gasteiger partial charge is 0.0900 e. The van der Waals surface area contributed by atoms with Gasteiger partial charge in [-0.15, -0.1) is 11.3 Å². The van der Waals surface area contributed by atoms with Crippen LogP contribution in [0.1, 0.15) is 32.7 Å². The molecule has 0 radical (unpaired) electrons. The van der Waals surface area contributed by atoms with Gasteiger partial charge in [-0.1, -0.05) is 23.7 Å². The van der Waals surface area contributed by atoms with E-state index in [-0.39, 0.29) is 6.04 Å². The van der Waals surface area contributed by atoms with Crippen LogP contribution >= 0.6 is 22.9 Å². The monoisotopic (exact) mass is 266 g/mol. The molecular weight excluding hydrogens is 252 g/mol. The number of thiazole rings is 1. The standard InChI is InChI=1S/C13H15ClN2S/c1-7-4-5-10(6-11(7)14)12(15)13-8(2)16-9(3)17-13/h4-6,12H,15H2,1-3H3. The molecular formula is C13H15ClN2S. The molecule has 0 aliphatic carbocycles. The Balaban J connectivity index is 2.40. The minimum Gasteiger partial charge on any atom is -0.320 e. The van der Waals surface area contributed by atoms with E-state index in [0.29, 0.717) is 0 Å². The fourth-order valence-corrected chi connectivity index (χ4v) is 2.94. The van der Waals surface area contributed by atoms with E-state index in [9.17, 15) is 0 Å². The van der Waals surface area contributed by atoms with Gasteiger partial charge in [-0.3, -0.25) is 0 Å². The van der Waals surface area contributed by atoms with E-state index in [1.807, 2.05) is 39.0 Å². The highest BCUT2D eigenvalue weighted by Crippen LogP contribution is 2.30. The summed E-state index contributed by atoms with van der Waals surface area (Å²) in [4.78, 5) is 5.52. The summed E-state index contributed by atoms with van der Waals surface area (Å²) in [7, 11) is 0. The summed E-state index contributed by atoms with van der Waals surface area (Å²) >= 11 is 7.77. The first kappa shape index (κ1) is 12.6. The summed E-state index contributed by atoms with van der Waals surface area (Å²) < 4.78 is 0. The number of aryl methyl sites for hydroxylation is 3. The average molecular weight is 267 g/mol. The second kappa shape index (κ2) is 4.77. The normalized spacial score (nSPS) is 12.8. The Morgan fingerprint density at radius 3 is 2.53 bits per heavy atom. The molecule has 1 heterocycles. The molecule has 4 heteroatoms. The van der Waals surface area contributed by atoms with Crippen molar-refractivity contribution in [1.82, 2.24) is 4.98 Å². The number of rotatable bonds is 2. The maximum Gasteiger partial charge on any atom is 0.0900 e. The molecule has 0 fully saturated rings. The first-order valence-corrected chi connectivity index (χ1v) is 6.64. The van der Waals surface area contributed by atoms with Crippen molar-refractivity contribution < 1.29 is 0 Å². The quantitative estimate of drug-likeness (QED) is 0.899. The molecule has 90 valence electrons. The average Bonchev–Trinajstić information content (AvgIpc) is 2.61. The molecule has 1 atom stereocenters. The molecule has 1 aromatic heterocycles. The molecule has 1 aromatic carbocycles. The number of halogens is 1. The predicted molar refractivity (Wildman–Crippen MR) is 73.8 cm³/mol. The topological polar surface area (TPSA) is 38.9 Å². The van der Waals surface area contributed by atoms with Gasteiger partial charge < -0.3 is 5.73 Å². The molecule has 0 bridgehead atoms. The number of nitrogens with two attached hydrogens (primary N) is 1. The van der Waals surface area contributed by atoms with Gasteiger partial charge in [0.1, 0.15) is 0 Å². The van der Waals surface area contributed by atoms with Gasteiger partial charge >= 0.3 is 0 Å². The number of aromatic nitrogens is 1. The molecule has 0 aliphatic rings. The van der Waals surface area contributed by atoms with E-state index in [2.05, 4.69) is 4.98 Å². The Kier molecular flexibility index (Phi) is 3.52. The van der Waals surface area contributed by atoms with Crippen LogP contribution in [0.25, 0.3) is 0 Å².